The van der Waals surface area contributed by atoms with Crippen molar-refractivity contribution in [2.75, 3.05) is 7.05 Å². The average Bonchev–Trinajstić information content (AvgIpc) is 2.34. The summed E-state index contributed by atoms with van der Waals surface area (Å²) in [5, 5.41) is 0. The zero-order valence-corrected chi connectivity index (χ0v) is 15.8. The Labute approximate surface area is 135 Å². The van der Waals surface area contributed by atoms with Gasteiger partial charge < -0.3 is 9.64 Å². The zero-order chi connectivity index (χ0) is 17.0. The molecule has 120 valence electrons. The highest BCUT2D eigenvalue weighted by molar-refractivity contribution is 6.83. The summed E-state index contributed by atoms with van der Waals surface area (Å²) in [5.41, 5.74) is 4.93. The van der Waals surface area contributed by atoms with Crippen LogP contribution in [0.2, 0.25) is 19.6 Å². The maximum Gasteiger partial charge on any atom is 0.410 e. The minimum atomic E-state index is -1.38. The second-order valence-electron chi connectivity index (χ2n) is 7.54. The highest BCUT2D eigenvalue weighted by Crippen LogP contribution is 2.12. The molecule has 0 saturated heterocycles. The second-order valence-corrected chi connectivity index (χ2v) is 12.3. The van der Waals surface area contributed by atoms with E-state index in [2.05, 4.69) is 31.1 Å². The standard InChI is InChI=1S/C18H27NO2Si/c1-18(2,3)21-17(20)19(4)14-16-10-8-9-15(13-16)11-12-22(5,6)7/h8-10,13H,14H2,1-7H3. The molecular weight excluding hydrogens is 290 g/mol. The average molecular weight is 318 g/mol. The van der Waals surface area contributed by atoms with Crippen LogP contribution in [0.5, 0.6) is 0 Å². The Balaban J connectivity index is 2.78. The van der Waals surface area contributed by atoms with Crippen LogP contribution in [0, 0.1) is 11.5 Å². The second kappa shape index (κ2) is 7.02. The van der Waals surface area contributed by atoms with E-state index in [1.54, 1.807) is 11.9 Å². The van der Waals surface area contributed by atoms with Crippen LogP contribution in [0.4, 0.5) is 4.79 Å². The molecule has 3 nitrogen and oxygen atoms in total. The van der Waals surface area contributed by atoms with Gasteiger partial charge in [-0.05, 0) is 38.5 Å². The summed E-state index contributed by atoms with van der Waals surface area (Å²) < 4.78 is 5.36. The first-order valence-corrected chi connectivity index (χ1v) is 11.0. The number of hydrogen-bond donors (Lipinski definition) is 0. The molecule has 1 rings (SSSR count). The number of ether oxygens (including phenoxy) is 1. The molecule has 1 amide bonds. The summed E-state index contributed by atoms with van der Waals surface area (Å²) >= 11 is 0. The Morgan fingerprint density at radius 1 is 1.27 bits per heavy atom. The molecule has 0 spiro atoms. The lowest BCUT2D eigenvalue weighted by atomic mass is 10.1. The van der Waals surface area contributed by atoms with Gasteiger partial charge in [0, 0.05) is 19.2 Å². The maximum absolute atomic E-state index is 12.0. The van der Waals surface area contributed by atoms with Gasteiger partial charge in [0.15, 0.2) is 0 Å². The van der Waals surface area contributed by atoms with Gasteiger partial charge in [-0.2, -0.15) is 0 Å². The molecule has 0 aliphatic heterocycles. The van der Waals surface area contributed by atoms with E-state index >= 15 is 0 Å². The number of amides is 1. The van der Waals surface area contributed by atoms with E-state index in [4.69, 9.17) is 4.74 Å². The number of hydrogen-bond acceptors (Lipinski definition) is 2. The van der Waals surface area contributed by atoms with Crippen molar-refractivity contribution in [2.24, 2.45) is 0 Å². The van der Waals surface area contributed by atoms with Crippen LogP contribution >= 0.6 is 0 Å². The summed E-state index contributed by atoms with van der Waals surface area (Å²) in [6.07, 6.45) is -0.314. The van der Waals surface area contributed by atoms with Crippen LogP contribution < -0.4 is 0 Å². The summed E-state index contributed by atoms with van der Waals surface area (Å²) in [7, 11) is 0.365. The van der Waals surface area contributed by atoms with Gasteiger partial charge in [0.2, 0.25) is 0 Å². The van der Waals surface area contributed by atoms with Crippen LogP contribution in [0.25, 0.3) is 0 Å². The predicted octanol–water partition coefficient (Wildman–Crippen LogP) is 4.28. The first kappa shape index (κ1) is 18.3. The van der Waals surface area contributed by atoms with E-state index in [9.17, 15) is 4.79 Å². The first-order chi connectivity index (χ1) is 9.96. The highest BCUT2D eigenvalue weighted by Gasteiger charge is 2.19. The Morgan fingerprint density at radius 3 is 2.45 bits per heavy atom. The van der Waals surface area contributed by atoms with E-state index in [0.29, 0.717) is 6.54 Å². The number of nitrogens with zero attached hydrogens (tertiary/aromatic N) is 1. The SMILES string of the molecule is CN(Cc1cccc(C#C[Si](C)(C)C)c1)C(=O)OC(C)(C)C. The Bertz CT molecular complexity index is 586. The van der Waals surface area contributed by atoms with Gasteiger partial charge in [-0.3, -0.25) is 0 Å². The van der Waals surface area contributed by atoms with Crippen LogP contribution in [0.3, 0.4) is 0 Å². The number of rotatable bonds is 2. The van der Waals surface area contributed by atoms with Crippen molar-refractivity contribution in [3.63, 3.8) is 0 Å². The van der Waals surface area contributed by atoms with Crippen LogP contribution in [-0.4, -0.2) is 31.7 Å². The van der Waals surface area contributed by atoms with Crippen molar-refractivity contribution in [3.05, 3.63) is 35.4 Å². The van der Waals surface area contributed by atoms with Crippen molar-refractivity contribution in [3.8, 4) is 11.5 Å². The van der Waals surface area contributed by atoms with Crippen LogP contribution in [-0.2, 0) is 11.3 Å². The lowest BCUT2D eigenvalue weighted by Crippen LogP contribution is -2.33. The van der Waals surface area contributed by atoms with Crippen molar-refractivity contribution >= 4 is 14.2 Å². The third-order valence-electron chi connectivity index (χ3n) is 2.63. The van der Waals surface area contributed by atoms with Crippen molar-refractivity contribution in [1.29, 1.82) is 0 Å². The van der Waals surface area contributed by atoms with Gasteiger partial charge in [0.1, 0.15) is 13.7 Å². The van der Waals surface area contributed by atoms with Crippen LogP contribution in [0.15, 0.2) is 24.3 Å². The molecule has 0 heterocycles. The molecule has 0 aromatic heterocycles. The minimum Gasteiger partial charge on any atom is -0.444 e. The fraction of sp³-hybridized carbons (Fsp3) is 0.500. The van der Waals surface area contributed by atoms with Gasteiger partial charge in [-0.1, -0.05) is 37.7 Å². The first-order valence-electron chi connectivity index (χ1n) is 7.52. The van der Waals surface area contributed by atoms with Gasteiger partial charge in [0.05, 0.1) is 0 Å². The normalized spacial score (nSPS) is 11.4. The van der Waals surface area contributed by atoms with E-state index in [-0.39, 0.29) is 6.09 Å². The Morgan fingerprint density at radius 2 is 1.91 bits per heavy atom. The largest absolute Gasteiger partial charge is 0.444 e. The molecule has 0 bridgehead atoms. The summed E-state index contributed by atoms with van der Waals surface area (Å²) in [6.45, 7) is 12.8. The molecule has 4 heteroatoms. The third-order valence-corrected chi connectivity index (χ3v) is 3.51. The molecule has 0 radical (unpaired) electrons. The molecule has 0 N–H and O–H groups in total. The smallest absolute Gasteiger partial charge is 0.410 e. The van der Waals surface area contributed by atoms with E-state index in [0.717, 1.165) is 11.1 Å². The maximum atomic E-state index is 12.0. The number of benzene rings is 1. The van der Waals surface area contributed by atoms with Crippen molar-refractivity contribution < 1.29 is 9.53 Å². The summed E-state index contributed by atoms with van der Waals surface area (Å²) in [6, 6.07) is 8.02. The topological polar surface area (TPSA) is 29.5 Å². The monoisotopic (exact) mass is 317 g/mol. The molecule has 0 atom stereocenters. The number of carbonyl (C=O) groups is 1. The van der Waals surface area contributed by atoms with Gasteiger partial charge >= 0.3 is 6.09 Å². The lowest BCUT2D eigenvalue weighted by Gasteiger charge is -2.24. The number of carbonyl (C=O) groups excluding carboxylic acids is 1. The molecular formula is C18H27NO2Si. The molecule has 0 aliphatic rings. The minimum absolute atomic E-state index is 0.314. The zero-order valence-electron chi connectivity index (χ0n) is 14.8. The van der Waals surface area contributed by atoms with Gasteiger partial charge in [-0.15, -0.1) is 5.54 Å². The third kappa shape index (κ3) is 7.33. The molecule has 0 saturated carbocycles. The molecule has 0 aliphatic carbocycles. The molecule has 1 aromatic rings. The lowest BCUT2D eigenvalue weighted by molar-refractivity contribution is 0.0285. The van der Waals surface area contributed by atoms with E-state index in [1.807, 2.05) is 45.0 Å². The van der Waals surface area contributed by atoms with E-state index < -0.39 is 13.7 Å². The highest BCUT2D eigenvalue weighted by atomic mass is 28.3. The van der Waals surface area contributed by atoms with Gasteiger partial charge in [0.25, 0.3) is 0 Å². The van der Waals surface area contributed by atoms with Crippen LogP contribution in [0.1, 0.15) is 31.9 Å². The van der Waals surface area contributed by atoms with Crippen molar-refractivity contribution in [2.45, 2.75) is 52.6 Å². The Kier molecular flexibility index (Phi) is 5.84. The Hall–Kier alpha value is -1.73. The predicted molar refractivity (Wildman–Crippen MR) is 94.4 cm³/mol. The summed E-state index contributed by atoms with van der Waals surface area (Å²) in [4.78, 5) is 13.6. The molecule has 0 fully saturated rings. The molecule has 22 heavy (non-hydrogen) atoms. The fourth-order valence-corrected chi connectivity index (χ4v) is 2.20. The molecule has 0 unspecified atom stereocenters. The molecule has 1 aromatic carbocycles. The quantitative estimate of drug-likeness (QED) is 0.602. The van der Waals surface area contributed by atoms with Crippen molar-refractivity contribution in [1.82, 2.24) is 4.90 Å². The fourth-order valence-electron chi connectivity index (χ4n) is 1.69. The summed E-state index contributed by atoms with van der Waals surface area (Å²) in [5.74, 6) is 3.24. The van der Waals surface area contributed by atoms with E-state index in [1.165, 1.54) is 0 Å². The van der Waals surface area contributed by atoms with Gasteiger partial charge in [-0.25, -0.2) is 4.79 Å².